The SMILES string of the molecule is CCOC(=O)Cn1ccc2ccc(Cl)c(Cl)c21. The number of carbonyl (C=O) groups excluding carboxylic acids is 1. The van der Waals surface area contributed by atoms with Gasteiger partial charge in [-0.15, -0.1) is 0 Å². The van der Waals surface area contributed by atoms with Crippen molar-refractivity contribution in [2.45, 2.75) is 13.5 Å². The summed E-state index contributed by atoms with van der Waals surface area (Å²) in [7, 11) is 0. The molecule has 0 unspecified atom stereocenters. The van der Waals surface area contributed by atoms with Gasteiger partial charge in [0.2, 0.25) is 0 Å². The maximum atomic E-state index is 11.4. The van der Waals surface area contributed by atoms with Crippen molar-refractivity contribution in [3.05, 3.63) is 34.4 Å². The maximum Gasteiger partial charge on any atom is 0.325 e. The third-order valence-electron chi connectivity index (χ3n) is 2.43. The minimum Gasteiger partial charge on any atom is -0.465 e. The highest BCUT2D eigenvalue weighted by Crippen LogP contribution is 2.31. The second-order valence-corrected chi connectivity index (χ2v) is 4.33. The Morgan fingerprint density at radius 1 is 1.35 bits per heavy atom. The van der Waals surface area contributed by atoms with Crippen LogP contribution in [0, 0.1) is 0 Å². The molecule has 0 N–H and O–H groups in total. The Morgan fingerprint density at radius 2 is 2.12 bits per heavy atom. The second kappa shape index (κ2) is 4.98. The summed E-state index contributed by atoms with van der Waals surface area (Å²) in [6, 6.07) is 5.49. The highest BCUT2D eigenvalue weighted by atomic mass is 35.5. The number of fused-ring (bicyclic) bond motifs is 1. The average Bonchev–Trinajstić information content (AvgIpc) is 2.68. The van der Waals surface area contributed by atoms with Gasteiger partial charge in [0, 0.05) is 11.6 Å². The second-order valence-electron chi connectivity index (χ2n) is 3.55. The van der Waals surface area contributed by atoms with E-state index in [1.807, 2.05) is 12.1 Å². The first kappa shape index (κ1) is 12.3. The molecule has 0 bridgehead atoms. The molecule has 0 saturated heterocycles. The van der Waals surface area contributed by atoms with E-state index in [0.717, 1.165) is 10.9 Å². The van der Waals surface area contributed by atoms with Crippen LogP contribution in [0.4, 0.5) is 0 Å². The molecule has 0 saturated carbocycles. The molecule has 0 aliphatic rings. The predicted molar refractivity (Wildman–Crippen MR) is 68.6 cm³/mol. The fourth-order valence-corrected chi connectivity index (χ4v) is 2.14. The normalized spacial score (nSPS) is 10.8. The third-order valence-corrected chi connectivity index (χ3v) is 3.22. The lowest BCUT2D eigenvalue weighted by Gasteiger charge is -2.07. The number of ether oxygens (including phenoxy) is 1. The summed E-state index contributed by atoms with van der Waals surface area (Å²) in [6.45, 7) is 2.28. The Morgan fingerprint density at radius 3 is 2.82 bits per heavy atom. The lowest BCUT2D eigenvalue weighted by molar-refractivity contribution is -0.143. The molecule has 0 radical (unpaired) electrons. The van der Waals surface area contributed by atoms with E-state index in [9.17, 15) is 4.79 Å². The molecule has 1 aromatic heterocycles. The maximum absolute atomic E-state index is 11.4. The van der Waals surface area contributed by atoms with Gasteiger partial charge in [0.05, 0.1) is 22.2 Å². The van der Waals surface area contributed by atoms with Crippen molar-refractivity contribution in [2.24, 2.45) is 0 Å². The summed E-state index contributed by atoms with van der Waals surface area (Å²) < 4.78 is 6.64. The Kier molecular flexibility index (Phi) is 3.60. The molecule has 0 aliphatic heterocycles. The van der Waals surface area contributed by atoms with Crippen LogP contribution in [0.25, 0.3) is 10.9 Å². The van der Waals surface area contributed by atoms with E-state index in [0.29, 0.717) is 16.7 Å². The fourth-order valence-electron chi connectivity index (χ4n) is 1.70. The van der Waals surface area contributed by atoms with Crippen molar-refractivity contribution in [3.63, 3.8) is 0 Å². The number of hydrogen-bond donors (Lipinski definition) is 0. The first-order valence-electron chi connectivity index (χ1n) is 5.22. The van der Waals surface area contributed by atoms with E-state index in [4.69, 9.17) is 27.9 Å². The van der Waals surface area contributed by atoms with Crippen molar-refractivity contribution >= 4 is 40.1 Å². The van der Waals surface area contributed by atoms with Crippen LogP contribution in [0.5, 0.6) is 0 Å². The molecule has 0 amide bonds. The van der Waals surface area contributed by atoms with E-state index in [2.05, 4.69) is 0 Å². The number of rotatable bonds is 3. The van der Waals surface area contributed by atoms with E-state index in [1.165, 1.54) is 0 Å². The Balaban J connectivity index is 2.41. The molecule has 0 fully saturated rings. The summed E-state index contributed by atoms with van der Waals surface area (Å²) >= 11 is 12.1. The molecule has 3 nitrogen and oxygen atoms in total. The molecule has 2 rings (SSSR count). The number of esters is 1. The van der Waals surface area contributed by atoms with Gasteiger partial charge in [0.25, 0.3) is 0 Å². The zero-order chi connectivity index (χ0) is 12.4. The smallest absolute Gasteiger partial charge is 0.325 e. The van der Waals surface area contributed by atoms with Crippen LogP contribution >= 0.6 is 23.2 Å². The number of aromatic nitrogens is 1. The number of carbonyl (C=O) groups is 1. The topological polar surface area (TPSA) is 31.2 Å². The third kappa shape index (κ3) is 2.40. The van der Waals surface area contributed by atoms with Gasteiger partial charge in [-0.1, -0.05) is 29.3 Å². The zero-order valence-electron chi connectivity index (χ0n) is 9.24. The molecule has 5 heteroatoms. The number of hydrogen-bond acceptors (Lipinski definition) is 2. The lowest BCUT2D eigenvalue weighted by Crippen LogP contribution is -2.12. The molecule has 1 heterocycles. The minimum atomic E-state index is -0.291. The Bertz CT molecular complexity index is 563. The van der Waals surface area contributed by atoms with Crippen LogP contribution in [0.15, 0.2) is 24.4 Å². The zero-order valence-corrected chi connectivity index (χ0v) is 10.8. The van der Waals surface area contributed by atoms with Crippen LogP contribution in [0.1, 0.15) is 6.92 Å². The minimum absolute atomic E-state index is 0.136. The van der Waals surface area contributed by atoms with Gasteiger partial charge in [-0.2, -0.15) is 0 Å². The quantitative estimate of drug-likeness (QED) is 0.800. The Labute approximate surface area is 109 Å². The lowest BCUT2D eigenvalue weighted by atomic mass is 10.2. The van der Waals surface area contributed by atoms with E-state index < -0.39 is 0 Å². The van der Waals surface area contributed by atoms with Crippen molar-refractivity contribution < 1.29 is 9.53 Å². The molecular weight excluding hydrogens is 261 g/mol. The summed E-state index contributed by atoms with van der Waals surface area (Å²) in [5.74, 6) is -0.291. The number of nitrogens with zero attached hydrogens (tertiary/aromatic N) is 1. The van der Waals surface area contributed by atoms with E-state index in [-0.39, 0.29) is 12.5 Å². The summed E-state index contributed by atoms with van der Waals surface area (Å²) in [4.78, 5) is 11.4. The largest absolute Gasteiger partial charge is 0.465 e. The van der Waals surface area contributed by atoms with Crippen LogP contribution in [0.2, 0.25) is 10.0 Å². The van der Waals surface area contributed by atoms with Crippen molar-refractivity contribution in [3.8, 4) is 0 Å². The van der Waals surface area contributed by atoms with E-state index >= 15 is 0 Å². The molecular formula is C12H11Cl2NO2. The highest BCUT2D eigenvalue weighted by molar-refractivity contribution is 6.45. The van der Waals surface area contributed by atoms with Crippen LogP contribution < -0.4 is 0 Å². The summed E-state index contributed by atoms with van der Waals surface area (Å²) in [5, 5.41) is 1.88. The summed E-state index contributed by atoms with van der Waals surface area (Å²) in [5.41, 5.74) is 0.757. The van der Waals surface area contributed by atoms with Gasteiger partial charge < -0.3 is 9.30 Å². The summed E-state index contributed by atoms with van der Waals surface area (Å²) in [6.07, 6.45) is 1.80. The van der Waals surface area contributed by atoms with Gasteiger partial charge in [0.1, 0.15) is 6.54 Å². The van der Waals surface area contributed by atoms with Crippen molar-refractivity contribution in [2.75, 3.05) is 6.61 Å². The predicted octanol–water partition coefficient (Wildman–Crippen LogP) is 3.51. The molecule has 1 aromatic carbocycles. The number of halogens is 2. The van der Waals surface area contributed by atoms with Crippen molar-refractivity contribution in [1.29, 1.82) is 0 Å². The molecule has 90 valence electrons. The van der Waals surface area contributed by atoms with Gasteiger partial charge in [-0.3, -0.25) is 4.79 Å². The van der Waals surface area contributed by atoms with Crippen LogP contribution in [-0.4, -0.2) is 17.1 Å². The molecule has 2 aromatic rings. The van der Waals surface area contributed by atoms with Crippen LogP contribution in [0.3, 0.4) is 0 Å². The van der Waals surface area contributed by atoms with Crippen molar-refractivity contribution in [1.82, 2.24) is 4.57 Å². The van der Waals surface area contributed by atoms with E-state index in [1.54, 1.807) is 23.8 Å². The van der Waals surface area contributed by atoms with Gasteiger partial charge in [-0.25, -0.2) is 0 Å². The molecule has 17 heavy (non-hydrogen) atoms. The monoisotopic (exact) mass is 271 g/mol. The van der Waals surface area contributed by atoms with Gasteiger partial charge >= 0.3 is 5.97 Å². The average molecular weight is 272 g/mol. The first-order chi connectivity index (χ1) is 8.13. The Hall–Kier alpha value is -1.19. The van der Waals surface area contributed by atoms with Crippen LogP contribution in [-0.2, 0) is 16.1 Å². The standard InChI is InChI=1S/C12H11Cl2NO2/c1-2-17-10(16)7-15-6-5-8-3-4-9(13)11(14)12(8)15/h3-6H,2,7H2,1H3. The fraction of sp³-hybridized carbons (Fsp3) is 0.250. The molecule has 0 aliphatic carbocycles. The molecule has 0 atom stereocenters. The van der Waals surface area contributed by atoms with Gasteiger partial charge in [0.15, 0.2) is 0 Å². The number of benzene rings is 1. The molecule has 0 spiro atoms. The highest BCUT2D eigenvalue weighted by Gasteiger charge is 2.11. The van der Waals surface area contributed by atoms with Gasteiger partial charge in [-0.05, 0) is 19.1 Å². The first-order valence-corrected chi connectivity index (χ1v) is 5.97.